The van der Waals surface area contributed by atoms with Gasteiger partial charge in [-0.15, -0.1) is 11.3 Å². The molecule has 1 aromatic heterocycles. The lowest BCUT2D eigenvalue weighted by molar-refractivity contribution is -0.114. The molecule has 0 fully saturated rings. The van der Waals surface area contributed by atoms with Gasteiger partial charge in [0.25, 0.3) is 5.78 Å². The van der Waals surface area contributed by atoms with Crippen molar-refractivity contribution in [3.05, 3.63) is 58.6 Å². The largest absolute Gasteiger partial charge is 0.300 e. The SMILES string of the molecule is Cc1ccc2c(c1)C(=O)C(=O)N2CN(C)Cc1nc2ccccc2s1. The maximum absolute atomic E-state index is 12.3. The van der Waals surface area contributed by atoms with Gasteiger partial charge in [0.2, 0.25) is 0 Å². The first-order chi connectivity index (χ1) is 12.0. The van der Waals surface area contributed by atoms with Gasteiger partial charge in [0, 0.05) is 0 Å². The Morgan fingerprint density at radius 3 is 2.76 bits per heavy atom. The van der Waals surface area contributed by atoms with Crippen LogP contribution in [0.25, 0.3) is 10.2 Å². The first-order valence-corrected chi connectivity index (χ1v) is 8.84. The van der Waals surface area contributed by atoms with Crippen LogP contribution in [-0.4, -0.2) is 35.3 Å². The van der Waals surface area contributed by atoms with Gasteiger partial charge >= 0.3 is 5.91 Å². The monoisotopic (exact) mass is 351 g/mol. The highest BCUT2D eigenvalue weighted by atomic mass is 32.1. The Bertz CT molecular complexity index is 962. The van der Waals surface area contributed by atoms with Crippen LogP contribution in [0.4, 0.5) is 5.69 Å². The molecule has 0 N–H and O–H groups in total. The molecule has 0 saturated carbocycles. The van der Waals surface area contributed by atoms with E-state index in [1.807, 2.05) is 49.2 Å². The molecule has 126 valence electrons. The van der Waals surface area contributed by atoms with Crippen molar-refractivity contribution in [1.29, 1.82) is 0 Å². The average Bonchev–Trinajstić information content (AvgIpc) is 3.09. The number of aromatic nitrogens is 1. The summed E-state index contributed by atoms with van der Waals surface area (Å²) in [5, 5.41) is 0.991. The third-order valence-corrected chi connectivity index (χ3v) is 5.27. The summed E-state index contributed by atoms with van der Waals surface area (Å²) in [6.07, 6.45) is 0. The number of para-hydroxylation sites is 1. The van der Waals surface area contributed by atoms with Crippen molar-refractivity contribution in [3.63, 3.8) is 0 Å². The number of Topliss-reactive ketones (excluding diaryl/α,β-unsaturated/α-hetero) is 1. The average molecular weight is 351 g/mol. The minimum absolute atomic E-state index is 0.358. The molecule has 1 amide bonds. The number of hydrogen-bond acceptors (Lipinski definition) is 5. The highest BCUT2D eigenvalue weighted by Gasteiger charge is 2.36. The second-order valence-corrected chi connectivity index (χ2v) is 7.43. The normalized spacial score (nSPS) is 14.0. The summed E-state index contributed by atoms with van der Waals surface area (Å²) < 4.78 is 1.15. The second kappa shape index (κ2) is 6.06. The van der Waals surface area contributed by atoms with E-state index in [1.54, 1.807) is 22.3 Å². The van der Waals surface area contributed by atoms with Crippen LogP contribution in [0.3, 0.4) is 0 Å². The Kier molecular flexibility index (Phi) is 3.86. The van der Waals surface area contributed by atoms with E-state index in [0.29, 0.717) is 24.5 Å². The molecule has 3 aromatic rings. The lowest BCUT2D eigenvalue weighted by Gasteiger charge is -2.23. The number of aryl methyl sites for hydroxylation is 1. The lowest BCUT2D eigenvalue weighted by atomic mass is 10.1. The van der Waals surface area contributed by atoms with E-state index < -0.39 is 11.7 Å². The van der Waals surface area contributed by atoms with Gasteiger partial charge in [-0.3, -0.25) is 19.4 Å². The molecule has 25 heavy (non-hydrogen) atoms. The smallest absolute Gasteiger partial charge is 0.291 e. The van der Waals surface area contributed by atoms with Gasteiger partial charge in [0.05, 0.1) is 34.7 Å². The first kappa shape index (κ1) is 15.9. The van der Waals surface area contributed by atoms with Crippen molar-refractivity contribution in [3.8, 4) is 0 Å². The molecule has 4 rings (SSSR count). The molecular weight excluding hydrogens is 334 g/mol. The molecule has 0 atom stereocenters. The number of carbonyl (C=O) groups is 2. The van der Waals surface area contributed by atoms with E-state index in [0.717, 1.165) is 20.8 Å². The highest BCUT2D eigenvalue weighted by molar-refractivity contribution is 7.18. The van der Waals surface area contributed by atoms with Gasteiger partial charge in [-0.2, -0.15) is 0 Å². The minimum Gasteiger partial charge on any atom is -0.291 e. The number of thiazole rings is 1. The quantitative estimate of drug-likeness (QED) is 0.677. The molecule has 2 aromatic carbocycles. The minimum atomic E-state index is -0.461. The van der Waals surface area contributed by atoms with E-state index in [-0.39, 0.29) is 0 Å². The molecule has 1 aliphatic rings. The number of carbonyl (C=O) groups excluding carboxylic acids is 2. The highest BCUT2D eigenvalue weighted by Crippen LogP contribution is 2.30. The summed E-state index contributed by atoms with van der Waals surface area (Å²) in [4.78, 5) is 32.7. The van der Waals surface area contributed by atoms with Crippen molar-refractivity contribution in [2.75, 3.05) is 18.6 Å². The fraction of sp³-hybridized carbons (Fsp3) is 0.211. The summed E-state index contributed by atoms with van der Waals surface area (Å²) in [5.41, 5.74) is 3.16. The summed E-state index contributed by atoms with van der Waals surface area (Å²) in [5.74, 6) is -0.885. The van der Waals surface area contributed by atoms with Crippen LogP contribution in [-0.2, 0) is 11.3 Å². The van der Waals surface area contributed by atoms with Gasteiger partial charge in [0.15, 0.2) is 0 Å². The van der Waals surface area contributed by atoms with Crippen LogP contribution in [0.15, 0.2) is 42.5 Å². The van der Waals surface area contributed by atoms with Crippen LogP contribution >= 0.6 is 11.3 Å². The van der Waals surface area contributed by atoms with Crippen molar-refractivity contribution >= 4 is 38.9 Å². The number of ketones is 1. The summed E-state index contributed by atoms with van der Waals surface area (Å²) in [6, 6.07) is 13.6. The predicted octanol–water partition coefficient (Wildman–Crippen LogP) is 3.22. The number of hydrogen-bond donors (Lipinski definition) is 0. The number of amides is 1. The molecule has 0 saturated heterocycles. The van der Waals surface area contributed by atoms with Crippen LogP contribution in [0, 0.1) is 6.92 Å². The fourth-order valence-electron chi connectivity index (χ4n) is 3.06. The Morgan fingerprint density at radius 2 is 1.96 bits per heavy atom. The Hall–Kier alpha value is -2.57. The maximum Gasteiger partial charge on any atom is 0.300 e. The molecule has 0 radical (unpaired) electrons. The maximum atomic E-state index is 12.3. The zero-order valence-electron chi connectivity index (χ0n) is 14.0. The zero-order valence-corrected chi connectivity index (χ0v) is 14.8. The number of anilines is 1. The third kappa shape index (κ3) is 2.83. The molecule has 1 aliphatic heterocycles. The van der Waals surface area contributed by atoms with Gasteiger partial charge in [-0.25, -0.2) is 4.98 Å². The fourth-order valence-corrected chi connectivity index (χ4v) is 4.11. The summed E-state index contributed by atoms with van der Waals surface area (Å²) in [7, 11) is 1.93. The number of rotatable bonds is 4. The number of fused-ring (bicyclic) bond motifs is 2. The number of nitrogens with zero attached hydrogens (tertiary/aromatic N) is 3. The molecule has 0 unspecified atom stereocenters. The molecule has 5 nitrogen and oxygen atoms in total. The Morgan fingerprint density at radius 1 is 1.16 bits per heavy atom. The van der Waals surface area contributed by atoms with Crippen LogP contribution in [0.5, 0.6) is 0 Å². The van der Waals surface area contributed by atoms with Gasteiger partial charge < -0.3 is 0 Å². The van der Waals surface area contributed by atoms with Gasteiger partial charge in [-0.05, 0) is 38.2 Å². The van der Waals surface area contributed by atoms with Crippen molar-refractivity contribution in [1.82, 2.24) is 9.88 Å². The predicted molar refractivity (Wildman–Crippen MR) is 98.9 cm³/mol. The van der Waals surface area contributed by atoms with E-state index in [9.17, 15) is 9.59 Å². The van der Waals surface area contributed by atoms with E-state index in [2.05, 4.69) is 11.1 Å². The Labute approximate surface area is 149 Å². The summed E-state index contributed by atoms with van der Waals surface area (Å²) >= 11 is 1.65. The topological polar surface area (TPSA) is 53.5 Å². The molecule has 0 aliphatic carbocycles. The van der Waals surface area contributed by atoms with Crippen molar-refractivity contribution in [2.24, 2.45) is 0 Å². The van der Waals surface area contributed by atoms with Crippen molar-refractivity contribution in [2.45, 2.75) is 13.5 Å². The molecule has 0 bridgehead atoms. The first-order valence-electron chi connectivity index (χ1n) is 8.03. The standard InChI is InChI=1S/C19H17N3O2S/c1-12-7-8-15-13(9-12)18(23)19(24)22(15)11-21(2)10-17-20-14-5-3-4-6-16(14)25-17/h3-9H,10-11H2,1-2H3. The van der Waals surface area contributed by atoms with Gasteiger partial charge in [0.1, 0.15) is 5.01 Å². The van der Waals surface area contributed by atoms with Crippen LogP contribution in [0.2, 0.25) is 0 Å². The number of benzene rings is 2. The Balaban J connectivity index is 1.54. The molecule has 2 heterocycles. The van der Waals surface area contributed by atoms with E-state index in [1.165, 1.54) is 0 Å². The third-order valence-electron chi connectivity index (χ3n) is 4.25. The molecule has 0 spiro atoms. The van der Waals surface area contributed by atoms with Crippen molar-refractivity contribution < 1.29 is 9.59 Å². The van der Waals surface area contributed by atoms with Gasteiger partial charge in [-0.1, -0.05) is 23.8 Å². The lowest BCUT2D eigenvalue weighted by Crippen LogP contribution is -2.38. The van der Waals surface area contributed by atoms with E-state index >= 15 is 0 Å². The zero-order chi connectivity index (χ0) is 17.6. The second-order valence-electron chi connectivity index (χ2n) is 6.31. The van der Waals surface area contributed by atoms with E-state index in [4.69, 9.17) is 0 Å². The van der Waals surface area contributed by atoms with Crippen LogP contribution in [0.1, 0.15) is 20.9 Å². The molecule has 6 heteroatoms. The van der Waals surface area contributed by atoms with Crippen LogP contribution < -0.4 is 4.90 Å². The molecular formula is C19H17N3O2S. The summed E-state index contributed by atoms with van der Waals surface area (Å²) in [6.45, 7) is 2.90.